The standard InChI is InChI=1S/C10H14O2S.C5H6OS.4CH4/c1-2-5-11-10(3-1)12-7-9-4-6-13-8-9;6-3-5-1-2-7-4-5;;;;/h4,6,8,10H,1-3,5,7H2;1-2,4,6H,3H2;4*1H4. The lowest BCUT2D eigenvalue weighted by atomic mass is 10.2. The fraction of sp³-hybridized carbons (Fsp3) is 0.579. The van der Waals surface area contributed by atoms with E-state index in [1.807, 2.05) is 16.8 Å². The summed E-state index contributed by atoms with van der Waals surface area (Å²) < 4.78 is 11.1. The molecule has 0 bridgehead atoms. The molecule has 1 saturated heterocycles. The second kappa shape index (κ2) is 17.1. The Morgan fingerprint density at radius 1 is 1.00 bits per heavy atom. The maximum atomic E-state index is 8.43. The molecule has 24 heavy (non-hydrogen) atoms. The predicted molar refractivity (Wildman–Crippen MR) is 110 cm³/mol. The molecule has 1 aliphatic rings. The average Bonchev–Trinajstić information content (AvgIpc) is 3.20. The van der Waals surface area contributed by atoms with Gasteiger partial charge in [0.25, 0.3) is 0 Å². The topological polar surface area (TPSA) is 38.7 Å². The van der Waals surface area contributed by atoms with Crippen LogP contribution in [0, 0.1) is 0 Å². The second-order valence-corrected chi connectivity index (χ2v) is 6.09. The molecule has 1 unspecified atom stereocenters. The number of rotatable bonds is 4. The highest BCUT2D eigenvalue weighted by Crippen LogP contribution is 2.16. The average molecular weight is 377 g/mol. The Balaban J connectivity index is -0.000000354. The fourth-order valence-corrected chi connectivity index (χ4v) is 3.10. The van der Waals surface area contributed by atoms with E-state index in [2.05, 4.69) is 16.8 Å². The van der Waals surface area contributed by atoms with Gasteiger partial charge in [-0.15, -0.1) is 0 Å². The van der Waals surface area contributed by atoms with E-state index < -0.39 is 0 Å². The molecule has 2 aromatic heterocycles. The lowest BCUT2D eigenvalue weighted by molar-refractivity contribution is -0.168. The van der Waals surface area contributed by atoms with Gasteiger partial charge in [-0.1, -0.05) is 29.7 Å². The lowest BCUT2D eigenvalue weighted by Gasteiger charge is -2.22. The van der Waals surface area contributed by atoms with Gasteiger partial charge < -0.3 is 14.6 Å². The van der Waals surface area contributed by atoms with Crippen molar-refractivity contribution in [1.29, 1.82) is 0 Å². The van der Waals surface area contributed by atoms with Crippen LogP contribution in [0.3, 0.4) is 0 Å². The molecule has 1 fully saturated rings. The third kappa shape index (κ3) is 10.9. The minimum absolute atomic E-state index is 0. The second-order valence-electron chi connectivity index (χ2n) is 4.53. The number of aliphatic hydroxyl groups is 1. The summed E-state index contributed by atoms with van der Waals surface area (Å²) in [6.45, 7) is 1.71. The van der Waals surface area contributed by atoms with Gasteiger partial charge in [-0.2, -0.15) is 22.7 Å². The molecule has 0 aromatic carbocycles. The SMILES string of the molecule is C.C.C.C.OCc1ccsc1.c1cc(COC2CCCCO2)cs1. The molecule has 5 heteroatoms. The van der Waals surface area contributed by atoms with E-state index in [9.17, 15) is 0 Å². The number of ether oxygens (including phenoxy) is 2. The Bertz CT molecular complexity index is 435. The molecule has 1 atom stereocenters. The van der Waals surface area contributed by atoms with Crippen molar-refractivity contribution < 1.29 is 14.6 Å². The summed E-state index contributed by atoms with van der Waals surface area (Å²) in [6, 6.07) is 4.00. The van der Waals surface area contributed by atoms with Crippen molar-refractivity contribution in [2.45, 2.75) is 68.5 Å². The molecule has 1 aliphatic heterocycles. The largest absolute Gasteiger partial charge is 0.392 e. The van der Waals surface area contributed by atoms with Crippen molar-refractivity contribution in [3.63, 3.8) is 0 Å². The van der Waals surface area contributed by atoms with Gasteiger partial charge in [-0.05, 0) is 64.0 Å². The first-order valence-electron chi connectivity index (χ1n) is 6.74. The fourth-order valence-electron chi connectivity index (χ4n) is 1.79. The summed E-state index contributed by atoms with van der Waals surface area (Å²) in [7, 11) is 0. The molecule has 1 N–H and O–H groups in total. The quantitative estimate of drug-likeness (QED) is 0.655. The molecule has 0 saturated carbocycles. The zero-order valence-corrected chi connectivity index (χ0v) is 13.0. The molecular weight excluding hydrogens is 340 g/mol. The first-order valence-corrected chi connectivity index (χ1v) is 8.63. The molecule has 142 valence electrons. The number of thiophene rings is 2. The Kier molecular flexibility index (Phi) is 20.0. The first kappa shape index (κ1) is 28.1. The van der Waals surface area contributed by atoms with E-state index in [1.54, 1.807) is 22.7 Å². The highest BCUT2D eigenvalue weighted by molar-refractivity contribution is 7.08. The van der Waals surface area contributed by atoms with Gasteiger partial charge in [0.1, 0.15) is 0 Å². The molecular formula is C19H36O3S2. The lowest BCUT2D eigenvalue weighted by Crippen LogP contribution is -2.21. The minimum Gasteiger partial charge on any atom is -0.392 e. The zero-order valence-electron chi connectivity index (χ0n) is 11.4. The summed E-state index contributed by atoms with van der Waals surface area (Å²) >= 11 is 3.31. The molecule has 2 aromatic rings. The van der Waals surface area contributed by atoms with Crippen LogP contribution >= 0.6 is 22.7 Å². The van der Waals surface area contributed by atoms with Crippen molar-refractivity contribution in [1.82, 2.24) is 0 Å². The van der Waals surface area contributed by atoms with Crippen LogP contribution < -0.4 is 0 Å². The maximum absolute atomic E-state index is 8.43. The van der Waals surface area contributed by atoms with Crippen LogP contribution in [0.5, 0.6) is 0 Å². The van der Waals surface area contributed by atoms with Crippen LogP contribution in [0.4, 0.5) is 0 Å². The highest BCUT2D eigenvalue weighted by Gasteiger charge is 2.13. The van der Waals surface area contributed by atoms with Gasteiger partial charge in [0.2, 0.25) is 0 Å². The van der Waals surface area contributed by atoms with E-state index in [0.29, 0.717) is 6.61 Å². The Hall–Kier alpha value is -0.720. The van der Waals surface area contributed by atoms with Crippen molar-refractivity contribution in [2.75, 3.05) is 6.61 Å². The van der Waals surface area contributed by atoms with Crippen molar-refractivity contribution >= 4 is 22.7 Å². The number of hydrogen-bond acceptors (Lipinski definition) is 5. The van der Waals surface area contributed by atoms with Gasteiger partial charge in [-0.25, -0.2) is 0 Å². The molecule has 0 aliphatic carbocycles. The highest BCUT2D eigenvalue weighted by atomic mass is 32.1. The van der Waals surface area contributed by atoms with Gasteiger partial charge >= 0.3 is 0 Å². The Labute approximate surface area is 157 Å². The number of aliphatic hydroxyl groups excluding tert-OH is 1. The van der Waals surface area contributed by atoms with Crippen molar-refractivity contribution in [3.8, 4) is 0 Å². The number of hydrogen-bond donors (Lipinski definition) is 1. The van der Waals surface area contributed by atoms with Crippen molar-refractivity contribution in [2.24, 2.45) is 0 Å². The summed E-state index contributed by atoms with van der Waals surface area (Å²) in [5.41, 5.74) is 2.25. The van der Waals surface area contributed by atoms with Crippen LogP contribution in [-0.4, -0.2) is 18.0 Å². The van der Waals surface area contributed by atoms with Gasteiger partial charge in [0.05, 0.1) is 13.2 Å². The summed E-state index contributed by atoms with van der Waals surface area (Å²) in [5.74, 6) is 0. The Morgan fingerprint density at radius 3 is 2.04 bits per heavy atom. The molecule has 0 spiro atoms. The van der Waals surface area contributed by atoms with Crippen LogP contribution in [0.15, 0.2) is 33.7 Å². The molecule has 3 heterocycles. The maximum Gasteiger partial charge on any atom is 0.158 e. The molecule has 3 nitrogen and oxygen atoms in total. The van der Waals surface area contributed by atoms with Gasteiger partial charge in [0.15, 0.2) is 6.29 Å². The van der Waals surface area contributed by atoms with E-state index in [1.165, 1.54) is 18.4 Å². The van der Waals surface area contributed by atoms with Crippen LogP contribution in [-0.2, 0) is 22.7 Å². The summed E-state index contributed by atoms with van der Waals surface area (Å²) in [6.07, 6.45) is 3.49. The first-order chi connectivity index (χ1) is 9.88. The molecule has 0 radical (unpaired) electrons. The van der Waals surface area contributed by atoms with Crippen LogP contribution in [0.2, 0.25) is 0 Å². The van der Waals surface area contributed by atoms with E-state index in [4.69, 9.17) is 14.6 Å². The van der Waals surface area contributed by atoms with E-state index >= 15 is 0 Å². The monoisotopic (exact) mass is 376 g/mol. The molecule has 0 amide bonds. The third-order valence-corrected chi connectivity index (χ3v) is 4.38. The minimum atomic E-state index is 0. The smallest absolute Gasteiger partial charge is 0.158 e. The van der Waals surface area contributed by atoms with Crippen LogP contribution in [0.1, 0.15) is 60.1 Å². The van der Waals surface area contributed by atoms with E-state index in [0.717, 1.165) is 18.6 Å². The third-order valence-electron chi connectivity index (χ3n) is 2.92. The summed E-state index contributed by atoms with van der Waals surface area (Å²) in [5, 5.41) is 16.5. The predicted octanol–water partition coefficient (Wildman–Crippen LogP) is 6.58. The Morgan fingerprint density at radius 2 is 1.62 bits per heavy atom. The van der Waals surface area contributed by atoms with Crippen molar-refractivity contribution in [3.05, 3.63) is 44.8 Å². The van der Waals surface area contributed by atoms with Crippen LogP contribution in [0.25, 0.3) is 0 Å². The van der Waals surface area contributed by atoms with Gasteiger partial charge in [0, 0.05) is 6.61 Å². The normalized spacial score (nSPS) is 15.3. The molecule has 3 rings (SSSR count). The zero-order chi connectivity index (χ0) is 14.0. The van der Waals surface area contributed by atoms with Gasteiger partial charge in [-0.3, -0.25) is 0 Å². The summed E-state index contributed by atoms with van der Waals surface area (Å²) in [4.78, 5) is 0. The van der Waals surface area contributed by atoms with E-state index in [-0.39, 0.29) is 42.6 Å².